The van der Waals surface area contributed by atoms with Gasteiger partial charge in [0.25, 0.3) is 0 Å². The zero-order chi connectivity index (χ0) is 25.1. The number of anilines is 1. The number of aromatic nitrogens is 2. The van der Waals surface area contributed by atoms with E-state index in [0.29, 0.717) is 0 Å². The molecule has 36 heavy (non-hydrogen) atoms. The molecular weight excluding hydrogens is 468 g/mol. The quantitative estimate of drug-likeness (QED) is 0.401. The second-order valence-electron chi connectivity index (χ2n) is 12.4. The molecule has 2 aromatic rings. The average Bonchev–Trinajstić information content (AvgIpc) is 3.18. The molecule has 0 N–H and O–H groups in total. The van der Waals surface area contributed by atoms with Crippen LogP contribution < -0.4 is 4.90 Å². The lowest BCUT2D eigenvalue weighted by atomic mass is 9.69. The largest absolute Gasteiger partial charge is 0.444 e. The monoisotopic (exact) mass is 506 g/mol. The van der Waals surface area contributed by atoms with Crippen LogP contribution in [0.3, 0.4) is 0 Å². The van der Waals surface area contributed by atoms with Gasteiger partial charge in [0.2, 0.25) is 0 Å². The highest BCUT2D eigenvalue weighted by Crippen LogP contribution is 2.49. The zero-order valence-electron chi connectivity index (χ0n) is 22.1. The highest BCUT2D eigenvalue weighted by atomic mass is 32.2. The van der Waals surface area contributed by atoms with Crippen LogP contribution in [0.5, 0.6) is 0 Å². The molecule has 3 heterocycles. The topological polar surface area (TPSA) is 58.6 Å². The van der Waals surface area contributed by atoms with Crippen molar-refractivity contribution in [1.29, 1.82) is 0 Å². The third-order valence-electron chi connectivity index (χ3n) is 8.88. The summed E-state index contributed by atoms with van der Waals surface area (Å²) < 4.78 is 5.57. The van der Waals surface area contributed by atoms with E-state index in [9.17, 15) is 4.79 Å². The SMILES string of the molecule is CSc1nc2c(c(N3CCC4(CC3)CN(C(=O)OC(C)(C)C)C4)n1)CCC1(CCc3ccccc31)C2. The molecule has 2 aliphatic carbocycles. The minimum atomic E-state index is -0.441. The van der Waals surface area contributed by atoms with Crippen LogP contribution >= 0.6 is 11.8 Å². The second kappa shape index (κ2) is 8.64. The van der Waals surface area contributed by atoms with Crippen molar-refractivity contribution >= 4 is 23.7 Å². The number of thioether (sulfide) groups is 1. The van der Waals surface area contributed by atoms with Crippen molar-refractivity contribution in [1.82, 2.24) is 14.9 Å². The normalized spacial score (nSPS) is 24.4. The van der Waals surface area contributed by atoms with E-state index in [1.54, 1.807) is 17.3 Å². The van der Waals surface area contributed by atoms with E-state index < -0.39 is 5.60 Å². The Balaban J connectivity index is 1.18. The third kappa shape index (κ3) is 4.17. The molecule has 4 aliphatic rings. The molecule has 0 saturated carbocycles. The molecular formula is C29H38N4O2S. The maximum absolute atomic E-state index is 12.4. The van der Waals surface area contributed by atoms with E-state index in [4.69, 9.17) is 14.7 Å². The Morgan fingerprint density at radius 2 is 1.75 bits per heavy atom. The molecule has 1 aromatic carbocycles. The van der Waals surface area contributed by atoms with Crippen LogP contribution in [-0.2, 0) is 29.4 Å². The number of nitrogens with zero attached hydrogens (tertiary/aromatic N) is 4. The van der Waals surface area contributed by atoms with Gasteiger partial charge in [-0.1, -0.05) is 36.0 Å². The van der Waals surface area contributed by atoms with Gasteiger partial charge in [-0.2, -0.15) is 0 Å². The number of carbonyl (C=O) groups is 1. The number of amides is 1. The summed E-state index contributed by atoms with van der Waals surface area (Å²) in [6.45, 7) is 9.40. The van der Waals surface area contributed by atoms with Crippen LogP contribution in [0.2, 0.25) is 0 Å². The van der Waals surface area contributed by atoms with E-state index in [2.05, 4.69) is 35.4 Å². The molecule has 7 heteroatoms. The number of piperidine rings is 1. The Labute approximate surface area is 219 Å². The first kappa shape index (κ1) is 24.1. The number of benzene rings is 1. The summed E-state index contributed by atoms with van der Waals surface area (Å²) in [6, 6.07) is 9.05. The molecule has 2 fully saturated rings. The van der Waals surface area contributed by atoms with E-state index in [1.807, 2.05) is 25.7 Å². The van der Waals surface area contributed by atoms with Crippen LogP contribution in [0.4, 0.5) is 10.6 Å². The lowest BCUT2D eigenvalue weighted by Crippen LogP contribution is -2.62. The van der Waals surface area contributed by atoms with E-state index in [0.717, 1.165) is 57.0 Å². The average molecular weight is 507 g/mol. The molecule has 1 unspecified atom stereocenters. The number of carbonyl (C=O) groups excluding carboxylic acids is 1. The Bertz CT molecular complexity index is 1180. The third-order valence-corrected chi connectivity index (χ3v) is 9.43. The predicted molar refractivity (Wildman–Crippen MR) is 144 cm³/mol. The summed E-state index contributed by atoms with van der Waals surface area (Å²) in [4.78, 5) is 26.9. The van der Waals surface area contributed by atoms with Crippen LogP contribution in [0, 0.1) is 5.41 Å². The van der Waals surface area contributed by atoms with Gasteiger partial charge < -0.3 is 14.5 Å². The first-order chi connectivity index (χ1) is 17.2. The molecule has 6 rings (SSSR count). The maximum atomic E-state index is 12.4. The molecule has 0 radical (unpaired) electrons. The molecule has 2 saturated heterocycles. The molecule has 0 bridgehead atoms. The predicted octanol–water partition coefficient (Wildman–Crippen LogP) is 5.41. The number of rotatable bonds is 2. The first-order valence-electron chi connectivity index (χ1n) is 13.4. The molecule has 192 valence electrons. The van der Waals surface area contributed by atoms with Crippen molar-refractivity contribution < 1.29 is 9.53 Å². The van der Waals surface area contributed by atoms with E-state index in [1.165, 1.54) is 41.9 Å². The van der Waals surface area contributed by atoms with E-state index >= 15 is 0 Å². The molecule has 2 aliphatic heterocycles. The minimum Gasteiger partial charge on any atom is -0.444 e. The lowest BCUT2D eigenvalue weighted by molar-refractivity contribution is -0.0435. The van der Waals surface area contributed by atoms with Crippen LogP contribution in [-0.4, -0.2) is 59.0 Å². The van der Waals surface area contributed by atoms with Gasteiger partial charge in [0, 0.05) is 42.6 Å². The van der Waals surface area contributed by atoms with Gasteiger partial charge in [-0.05, 0) is 83.1 Å². The fourth-order valence-corrected chi connectivity index (χ4v) is 7.34. The van der Waals surface area contributed by atoms with Crippen LogP contribution in [0.25, 0.3) is 0 Å². The van der Waals surface area contributed by atoms with Crippen molar-refractivity contribution in [2.75, 3.05) is 37.3 Å². The van der Waals surface area contributed by atoms with E-state index in [-0.39, 0.29) is 16.9 Å². The number of hydrogen-bond donors (Lipinski definition) is 0. The number of hydrogen-bond acceptors (Lipinski definition) is 6. The van der Waals surface area contributed by atoms with Gasteiger partial charge in [0.1, 0.15) is 11.4 Å². The fraction of sp³-hybridized carbons (Fsp3) is 0.621. The van der Waals surface area contributed by atoms with Crippen molar-refractivity contribution in [3.05, 3.63) is 46.6 Å². The summed E-state index contributed by atoms with van der Waals surface area (Å²) in [5.41, 5.74) is 5.77. The summed E-state index contributed by atoms with van der Waals surface area (Å²) in [5, 5.41) is 0.895. The smallest absolute Gasteiger partial charge is 0.410 e. The number of aryl methyl sites for hydroxylation is 1. The van der Waals surface area contributed by atoms with Crippen molar-refractivity contribution in [3.8, 4) is 0 Å². The van der Waals surface area contributed by atoms with Gasteiger partial charge in [-0.15, -0.1) is 0 Å². The van der Waals surface area contributed by atoms with Crippen LogP contribution in [0.15, 0.2) is 29.4 Å². The summed E-state index contributed by atoms with van der Waals surface area (Å²) in [6.07, 6.45) is 9.80. The molecule has 1 amide bonds. The Morgan fingerprint density at radius 3 is 2.47 bits per heavy atom. The summed E-state index contributed by atoms with van der Waals surface area (Å²) in [5.74, 6) is 1.17. The molecule has 6 nitrogen and oxygen atoms in total. The van der Waals surface area contributed by atoms with Gasteiger partial charge in [-0.25, -0.2) is 14.8 Å². The van der Waals surface area contributed by atoms with Crippen molar-refractivity contribution in [2.45, 2.75) is 81.9 Å². The highest BCUT2D eigenvalue weighted by Gasteiger charge is 2.49. The van der Waals surface area contributed by atoms with Crippen molar-refractivity contribution in [3.63, 3.8) is 0 Å². The van der Waals surface area contributed by atoms with Crippen molar-refractivity contribution in [2.24, 2.45) is 5.41 Å². The number of fused-ring (bicyclic) bond motifs is 3. The van der Waals surface area contributed by atoms with Gasteiger partial charge in [0.05, 0.1) is 5.69 Å². The minimum absolute atomic E-state index is 0.174. The lowest BCUT2D eigenvalue weighted by Gasteiger charge is -2.54. The second-order valence-corrected chi connectivity index (χ2v) is 13.2. The summed E-state index contributed by atoms with van der Waals surface area (Å²) >= 11 is 1.65. The molecule has 1 aromatic heterocycles. The number of likely N-dealkylation sites (tertiary alicyclic amines) is 1. The van der Waals surface area contributed by atoms with Gasteiger partial charge >= 0.3 is 6.09 Å². The summed E-state index contributed by atoms with van der Waals surface area (Å²) in [7, 11) is 0. The zero-order valence-corrected chi connectivity index (χ0v) is 22.9. The van der Waals surface area contributed by atoms with Gasteiger partial charge in [-0.3, -0.25) is 0 Å². The Hall–Kier alpha value is -2.28. The Kier molecular flexibility index (Phi) is 5.78. The number of ether oxygens (including phenoxy) is 1. The maximum Gasteiger partial charge on any atom is 0.410 e. The molecule has 1 atom stereocenters. The first-order valence-corrected chi connectivity index (χ1v) is 14.7. The Morgan fingerprint density at radius 1 is 1.03 bits per heavy atom. The van der Waals surface area contributed by atoms with Gasteiger partial charge in [0.15, 0.2) is 5.16 Å². The highest BCUT2D eigenvalue weighted by molar-refractivity contribution is 7.98. The molecule has 2 spiro atoms. The van der Waals surface area contributed by atoms with Crippen LogP contribution in [0.1, 0.15) is 68.8 Å². The standard InChI is InChI=1S/C29H38N4O2S/c1-27(2,3)35-26(34)33-18-28(19-33)13-15-32(16-14-28)24-21-10-12-29(17-23(21)30-25(31-24)36-4)11-9-20-7-5-6-8-22(20)29/h5-8H,9-19H2,1-4H3. The fourth-order valence-electron chi connectivity index (χ4n) is 6.96.